The lowest BCUT2D eigenvalue weighted by Crippen LogP contribution is -2.14. The molecule has 0 aromatic carbocycles. The van der Waals surface area contributed by atoms with E-state index in [0.717, 1.165) is 5.69 Å². The Bertz CT molecular complexity index is 388. The van der Waals surface area contributed by atoms with Gasteiger partial charge < -0.3 is 4.74 Å². The predicted molar refractivity (Wildman–Crippen MR) is 68.3 cm³/mol. The topological polar surface area (TPSA) is 52.1 Å². The van der Waals surface area contributed by atoms with Crippen LogP contribution >= 0.6 is 11.8 Å². The van der Waals surface area contributed by atoms with Crippen LogP contribution in [0.2, 0.25) is 0 Å². The fourth-order valence-electron chi connectivity index (χ4n) is 1.18. The van der Waals surface area contributed by atoms with Gasteiger partial charge in [-0.3, -0.25) is 4.79 Å². The number of thioether (sulfide) groups is 1. The van der Waals surface area contributed by atoms with Crippen molar-refractivity contribution in [3.8, 4) is 0 Å². The Hall–Kier alpha value is -0.940. The first-order chi connectivity index (χ1) is 7.93. The van der Waals surface area contributed by atoms with Crippen LogP contribution in [0, 0.1) is 0 Å². The second-order valence-electron chi connectivity index (χ2n) is 4.73. The third-order valence-corrected chi connectivity index (χ3v) is 2.99. The highest BCUT2D eigenvalue weighted by Crippen LogP contribution is 2.21. The van der Waals surface area contributed by atoms with Crippen LogP contribution in [0.25, 0.3) is 0 Å². The molecule has 0 radical (unpaired) electrons. The number of rotatable bonds is 5. The zero-order valence-corrected chi connectivity index (χ0v) is 11.5. The maximum absolute atomic E-state index is 11.3. The summed E-state index contributed by atoms with van der Waals surface area (Å²) in [6.45, 7) is 6.44. The third-order valence-electron chi connectivity index (χ3n) is 2.07. The van der Waals surface area contributed by atoms with Gasteiger partial charge in [-0.15, -0.1) is 0 Å². The largest absolute Gasteiger partial charge is 0.377 e. The van der Waals surface area contributed by atoms with Gasteiger partial charge in [-0.2, -0.15) is 0 Å². The Kier molecular flexibility index (Phi) is 5.08. The lowest BCUT2D eigenvalue weighted by atomic mass is 9.92. The van der Waals surface area contributed by atoms with Gasteiger partial charge in [-0.25, -0.2) is 9.97 Å². The lowest BCUT2D eigenvalue weighted by Gasteiger charge is -2.17. The van der Waals surface area contributed by atoms with Gasteiger partial charge in [0.05, 0.1) is 11.4 Å². The fraction of sp³-hybridized carbons (Fsp3) is 0.583. The van der Waals surface area contributed by atoms with Gasteiger partial charge in [-0.05, 0) is 6.07 Å². The molecule has 0 unspecified atom stereocenters. The van der Waals surface area contributed by atoms with Crippen molar-refractivity contribution in [2.24, 2.45) is 0 Å². The van der Waals surface area contributed by atoms with E-state index >= 15 is 0 Å². The summed E-state index contributed by atoms with van der Waals surface area (Å²) in [5, 5.41) is 0.641. The van der Waals surface area contributed by atoms with Crippen LogP contribution in [0.4, 0.5) is 0 Å². The Morgan fingerprint density at radius 3 is 2.76 bits per heavy atom. The van der Waals surface area contributed by atoms with E-state index in [0.29, 0.717) is 10.9 Å². The van der Waals surface area contributed by atoms with Crippen LogP contribution < -0.4 is 0 Å². The van der Waals surface area contributed by atoms with Crippen molar-refractivity contribution in [1.29, 1.82) is 0 Å². The minimum atomic E-state index is -0.00517. The molecule has 0 aliphatic carbocycles. The number of nitrogens with zero attached hydrogens (tertiary/aromatic N) is 2. The third kappa shape index (κ3) is 4.83. The highest BCUT2D eigenvalue weighted by atomic mass is 32.2. The summed E-state index contributed by atoms with van der Waals surface area (Å²) in [7, 11) is 1.51. The molecular formula is C12H18N2O2S. The van der Waals surface area contributed by atoms with E-state index < -0.39 is 0 Å². The van der Waals surface area contributed by atoms with Gasteiger partial charge in [0.2, 0.25) is 0 Å². The van der Waals surface area contributed by atoms with Gasteiger partial charge in [0, 0.05) is 18.7 Å². The molecule has 0 fully saturated rings. The molecule has 94 valence electrons. The monoisotopic (exact) mass is 254 g/mol. The Labute approximate surface area is 106 Å². The summed E-state index contributed by atoms with van der Waals surface area (Å²) in [6, 6.07) is 1.90. The van der Waals surface area contributed by atoms with Crippen LogP contribution in [0.1, 0.15) is 26.5 Å². The molecular weight excluding hydrogens is 236 g/mol. The molecule has 0 atom stereocenters. The van der Waals surface area contributed by atoms with Crippen molar-refractivity contribution in [3.05, 3.63) is 18.0 Å². The predicted octanol–water partition coefficient (Wildman–Crippen LogP) is 2.08. The molecule has 17 heavy (non-hydrogen) atoms. The molecule has 0 aliphatic rings. The molecule has 1 rings (SSSR count). The van der Waals surface area contributed by atoms with Crippen LogP contribution in [-0.2, 0) is 14.9 Å². The van der Waals surface area contributed by atoms with Crippen LogP contribution in [-0.4, -0.2) is 35.2 Å². The molecule has 4 nitrogen and oxygen atoms in total. The summed E-state index contributed by atoms with van der Waals surface area (Å²) in [6.07, 6.45) is 1.73. The molecule has 0 amide bonds. The molecule has 0 saturated carbocycles. The molecule has 1 aromatic rings. The molecule has 0 aliphatic heterocycles. The Balaban J connectivity index is 2.64. The van der Waals surface area contributed by atoms with Crippen LogP contribution in [0.5, 0.6) is 0 Å². The number of carbonyl (C=O) groups excluding carboxylic acids is 1. The minimum absolute atomic E-state index is 0.00517. The van der Waals surface area contributed by atoms with Gasteiger partial charge >= 0.3 is 0 Å². The zero-order valence-electron chi connectivity index (χ0n) is 10.7. The summed E-state index contributed by atoms with van der Waals surface area (Å²) in [4.78, 5) is 19.9. The standard InChI is InChI=1S/C12H18N2O2S/c1-12(2,3)10-5-6-13-11(14-10)17-8-9(15)7-16-4/h5-6H,7-8H2,1-4H3. The number of ether oxygens (including phenoxy) is 1. The quantitative estimate of drug-likeness (QED) is 0.595. The van der Waals surface area contributed by atoms with Crippen LogP contribution in [0.15, 0.2) is 17.4 Å². The number of ketones is 1. The van der Waals surface area contributed by atoms with Crippen molar-refractivity contribution in [1.82, 2.24) is 9.97 Å². The lowest BCUT2D eigenvalue weighted by molar-refractivity contribution is -0.120. The number of hydrogen-bond acceptors (Lipinski definition) is 5. The molecule has 0 N–H and O–H groups in total. The Morgan fingerprint density at radius 2 is 2.18 bits per heavy atom. The Morgan fingerprint density at radius 1 is 1.47 bits per heavy atom. The van der Waals surface area contributed by atoms with E-state index in [1.165, 1.54) is 18.9 Å². The molecule has 0 bridgehead atoms. The number of hydrogen-bond donors (Lipinski definition) is 0. The first-order valence-corrected chi connectivity index (χ1v) is 6.39. The summed E-state index contributed by atoms with van der Waals surface area (Å²) in [5.74, 6) is 0.392. The van der Waals surface area contributed by atoms with Crippen molar-refractivity contribution >= 4 is 17.5 Å². The number of aromatic nitrogens is 2. The summed E-state index contributed by atoms with van der Waals surface area (Å²) in [5.41, 5.74) is 0.976. The van der Waals surface area contributed by atoms with Gasteiger partial charge in [0.15, 0.2) is 10.9 Å². The number of Topliss-reactive ketones (excluding diaryl/α,β-unsaturated/α-hetero) is 1. The maximum atomic E-state index is 11.3. The van der Waals surface area contributed by atoms with Gasteiger partial charge in [0.1, 0.15) is 6.61 Å². The first-order valence-electron chi connectivity index (χ1n) is 5.40. The number of carbonyl (C=O) groups is 1. The van der Waals surface area contributed by atoms with Crippen molar-refractivity contribution in [2.45, 2.75) is 31.3 Å². The summed E-state index contributed by atoms with van der Waals surface area (Å²) < 4.78 is 4.77. The molecule has 1 aromatic heterocycles. The van der Waals surface area contributed by atoms with E-state index in [1.807, 2.05) is 6.07 Å². The van der Waals surface area contributed by atoms with E-state index in [4.69, 9.17) is 4.74 Å². The van der Waals surface area contributed by atoms with E-state index in [1.54, 1.807) is 6.20 Å². The van der Waals surface area contributed by atoms with Gasteiger partial charge in [0.25, 0.3) is 0 Å². The SMILES string of the molecule is COCC(=O)CSc1nccc(C(C)(C)C)n1. The second-order valence-corrected chi connectivity index (χ2v) is 5.68. The fourth-order valence-corrected chi connectivity index (χ4v) is 1.85. The van der Waals surface area contributed by atoms with Crippen molar-refractivity contribution < 1.29 is 9.53 Å². The highest BCUT2D eigenvalue weighted by molar-refractivity contribution is 7.99. The van der Waals surface area contributed by atoms with Crippen molar-refractivity contribution in [2.75, 3.05) is 19.5 Å². The molecule has 0 spiro atoms. The molecule has 1 heterocycles. The van der Waals surface area contributed by atoms with E-state index in [9.17, 15) is 4.79 Å². The average Bonchev–Trinajstić information content (AvgIpc) is 2.26. The van der Waals surface area contributed by atoms with Gasteiger partial charge in [-0.1, -0.05) is 32.5 Å². The minimum Gasteiger partial charge on any atom is -0.377 e. The zero-order chi connectivity index (χ0) is 12.9. The van der Waals surface area contributed by atoms with Crippen LogP contribution in [0.3, 0.4) is 0 Å². The number of methoxy groups -OCH3 is 1. The second kappa shape index (κ2) is 6.12. The molecule has 5 heteroatoms. The molecule has 0 saturated heterocycles. The van der Waals surface area contributed by atoms with E-state index in [2.05, 4.69) is 30.7 Å². The first kappa shape index (κ1) is 14.1. The van der Waals surface area contributed by atoms with E-state index in [-0.39, 0.29) is 17.8 Å². The highest BCUT2D eigenvalue weighted by Gasteiger charge is 2.16. The smallest absolute Gasteiger partial charge is 0.188 e. The normalized spacial score (nSPS) is 11.5. The average molecular weight is 254 g/mol. The summed E-state index contributed by atoms with van der Waals surface area (Å²) >= 11 is 1.35. The maximum Gasteiger partial charge on any atom is 0.188 e. The van der Waals surface area contributed by atoms with Crippen molar-refractivity contribution in [3.63, 3.8) is 0 Å².